The molecule has 0 saturated carbocycles. The summed E-state index contributed by atoms with van der Waals surface area (Å²) in [5, 5.41) is 4.30. The molecule has 0 spiro atoms. The van der Waals surface area contributed by atoms with Gasteiger partial charge in [-0.05, 0) is 25.1 Å². The number of nitrogens with one attached hydrogen (secondary N) is 1. The molecular formula is C16H17Cl2NO2. The minimum absolute atomic E-state index is 0.513. The lowest BCUT2D eigenvalue weighted by molar-refractivity contribution is 0.309. The normalized spacial score (nSPS) is 10.3. The number of ether oxygens (including phenoxy) is 2. The molecule has 0 saturated heterocycles. The van der Waals surface area contributed by atoms with Crippen molar-refractivity contribution in [1.82, 2.24) is 0 Å². The summed E-state index contributed by atoms with van der Waals surface area (Å²) < 4.78 is 11.0. The second-order valence-electron chi connectivity index (χ2n) is 4.34. The van der Waals surface area contributed by atoms with E-state index in [1.165, 1.54) is 0 Å². The molecule has 0 aliphatic rings. The molecule has 1 N–H and O–H groups in total. The van der Waals surface area contributed by atoms with E-state index in [2.05, 4.69) is 5.32 Å². The smallest absolute Gasteiger partial charge is 0.165 e. The van der Waals surface area contributed by atoms with E-state index in [9.17, 15) is 0 Å². The molecule has 0 radical (unpaired) electrons. The van der Waals surface area contributed by atoms with E-state index in [0.717, 1.165) is 22.7 Å². The third-order valence-corrected chi connectivity index (χ3v) is 3.80. The number of hydrogen-bond donors (Lipinski definition) is 1. The fourth-order valence-corrected chi connectivity index (χ4v) is 2.40. The minimum Gasteiger partial charge on any atom is -0.493 e. The van der Waals surface area contributed by atoms with Gasteiger partial charge in [0.2, 0.25) is 0 Å². The molecule has 0 aliphatic carbocycles. The van der Waals surface area contributed by atoms with Crippen LogP contribution < -0.4 is 14.8 Å². The van der Waals surface area contributed by atoms with Crippen LogP contribution >= 0.6 is 23.2 Å². The molecule has 0 atom stereocenters. The highest BCUT2D eigenvalue weighted by Gasteiger charge is 2.11. The fourth-order valence-electron chi connectivity index (χ4n) is 2.03. The van der Waals surface area contributed by atoms with Crippen LogP contribution in [0.1, 0.15) is 12.5 Å². The minimum atomic E-state index is 0.513. The summed E-state index contributed by atoms with van der Waals surface area (Å²) in [5.74, 6) is 1.46. The third kappa shape index (κ3) is 3.74. The number of benzene rings is 2. The van der Waals surface area contributed by atoms with Crippen molar-refractivity contribution in [3.63, 3.8) is 0 Å². The molecule has 2 aromatic carbocycles. The van der Waals surface area contributed by atoms with Gasteiger partial charge in [-0.15, -0.1) is 0 Å². The lowest BCUT2D eigenvalue weighted by Crippen LogP contribution is -2.04. The van der Waals surface area contributed by atoms with Crippen LogP contribution in [0.4, 0.5) is 5.69 Å². The maximum absolute atomic E-state index is 6.16. The molecule has 0 aliphatic heterocycles. The topological polar surface area (TPSA) is 30.5 Å². The standard InChI is InChI=1S/C16H17Cl2NO2/c1-3-21-14-9-4-6-11(16(14)20-2)10-19-13-8-5-7-12(17)15(13)18/h4-9,19H,3,10H2,1-2H3. The molecule has 0 amide bonds. The van der Waals surface area contributed by atoms with E-state index < -0.39 is 0 Å². The lowest BCUT2D eigenvalue weighted by Gasteiger charge is -2.15. The Morgan fingerprint density at radius 1 is 1.10 bits per heavy atom. The number of methoxy groups -OCH3 is 1. The van der Waals surface area contributed by atoms with Crippen LogP contribution in [-0.2, 0) is 6.54 Å². The van der Waals surface area contributed by atoms with Crippen LogP contribution in [0.2, 0.25) is 10.0 Å². The third-order valence-electron chi connectivity index (χ3n) is 2.99. The van der Waals surface area contributed by atoms with Crippen LogP contribution in [0, 0.1) is 0 Å². The highest BCUT2D eigenvalue weighted by molar-refractivity contribution is 6.43. The summed E-state index contributed by atoms with van der Waals surface area (Å²) >= 11 is 12.2. The van der Waals surface area contributed by atoms with Crippen molar-refractivity contribution in [1.29, 1.82) is 0 Å². The average molecular weight is 326 g/mol. The van der Waals surface area contributed by atoms with Gasteiger partial charge in [0.15, 0.2) is 11.5 Å². The Kier molecular flexibility index (Phi) is 5.59. The van der Waals surface area contributed by atoms with Crippen molar-refractivity contribution in [2.75, 3.05) is 19.0 Å². The first-order valence-electron chi connectivity index (χ1n) is 6.64. The van der Waals surface area contributed by atoms with Gasteiger partial charge < -0.3 is 14.8 Å². The molecule has 0 fully saturated rings. The highest BCUT2D eigenvalue weighted by atomic mass is 35.5. The van der Waals surface area contributed by atoms with E-state index in [4.69, 9.17) is 32.7 Å². The molecule has 0 unspecified atom stereocenters. The molecule has 0 heterocycles. The fraction of sp³-hybridized carbons (Fsp3) is 0.250. The summed E-state index contributed by atoms with van der Waals surface area (Å²) in [5.41, 5.74) is 1.77. The number of halogens is 2. The summed E-state index contributed by atoms with van der Waals surface area (Å²) in [4.78, 5) is 0. The first kappa shape index (κ1) is 15.8. The van der Waals surface area contributed by atoms with E-state index in [1.54, 1.807) is 13.2 Å². The molecule has 0 bridgehead atoms. The molecule has 112 valence electrons. The summed E-state index contributed by atoms with van der Waals surface area (Å²) in [6.07, 6.45) is 0. The summed E-state index contributed by atoms with van der Waals surface area (Å²) in [6.45, 7) is 3.09. The predicted molar refractivity (Wildman–Crippen MR) is 88.0 cm³/mol. The van der Waals surface area contributed by atoms with Crippen molar-refractivity contribution in [2.45, 2.75) is 13.5 Å². The SMILES string of the molecule is CCOc1cccc(CNc2cccc(Cl)c2Cl)c1OC. The molecular weight excluding hydrogens is 309 g/mol. The quantitative estimate of drug-likeness (QED) is 0.809. The second kappa shape index (κ2) is 7.43. The van der Waals surface area contributed by atoms with Gasteiger partial charge in [0.05, 0.1) is 29.4 Å². The zero-order chi connectivity index (χ0) is 15.2. The van der Waals surface area contributed by atoms with Crippen molar-refractivity contribution < 1.29 is 9.47 Å². The lowest BCUT2D eigenvalue weighted by atomic mass is 10.1. The highest BCUT2D eigenvalue weighted by Crippen LogP contribution is 2.33. The Morgan fingerprint density at radius 3 is 2.57 bits per heavy atom. The molecule has 2 rings (SSSR count). The summed E-state index contributed by atoms with van der Waals surface area (Å²) in [7, 11) is 1.63. The average Bonchev–Trinajstić information content (AvgIpc) is 2.49. The number of para-hydroxylation sites is 1. The van der Waals surface area contributed by atoms with Gasteiger partial charge in [-0.1, -0.05) is 41.4 Å². The van der Waals surface area contributed by atoms with Crippen molar-refractivity contribution in [3.05, 3.63) is 52.0 Å². The summed E-state index contributed by atoms with van der Waals surface area (Å²) in [6, 6.07) is 11.3. The monoisotopic (exact) mass is 325 g/mol. The van der Waals surface area contributed by atoms with Gasteiger partial charge in [0.25, 0.3) is 0 Å². The van der Waals surface area contributed by atoms with Gasteiger partial charge in [0, 0.05) is 12.1 Å². The Hall–Kier alpha value is -1.58. The van der Waals surface area contributed by atoms with E-state index in [1.807, 2.05) is 37.3 Å². The van der Waals surface area contributed by atoms with Crippen LogP contribution in [0.5, 0.6) is 11.5 Å². The van der Waals surface area contributed by atoms with Gasteiger partial charge in [0.1, 0.15) is 0 Å². The Morgan fingerprint density at radius 2 is 1.86 bits per heavy atom. The van der Waals surface area contributed by atoms with Crippen LogP contribution in [0.3, 0.4) is 0 Å². The van der Waals surface area contributed by atoms with Gasteiger partial charge in [-0.3, -0.25) is 0 Å². The van der Waals surface area contributed by atoms with E-state index in [-0.39, 0.29) is 0 Å². The molecule has 5 heteroatoms. The number of anilines is 1. The largest absolute Gasteiger partial charge is 0.493 e. The van der Waals surface area contributed by atoms with Gasteiger partial charge >= 0.3 is 0 Å². The maximum Gasteiger partial charge on any atom is 0.165 e. The van der Waals surface area contributed by atoms with Crippen molar-refractivity contribution in [2.24, 2.45) is 0 Å². The number of rotatable bonds is 6. The molecule has 2 aromatic rings. The van der Waals surface area contributed by atoms with E-state index in [0.29, 0.717) is 23.2 Å². The van der Waals surface area contributed by atoms with Gasteiger partial charge in [-0.2, -0.15) is 0 Å². The van der Waals surface area contributed by atoms with Crippen molar-refractivity contribution >= 4 is 28.9 Å². The molecule has 0 aromatic heterocycles. The molecule has 3 nitrogen and oxygen atoms in total. The van der Waals surface area contributed by atoms with Crippen LogP contribution in [-0.4, -0.2) is 13.7 Å². The maximum atomic E-state index is 6.16. The van der Waals surface area contributed by atoms with Crippen LogP contribution in [0.25, 0.3) is 0 Å². The van der Waals surface area contributed by atoms with Crippen LogP contribution in [0.15, 0.2) is 36.4 Å². The van der Waals surface area contributed by atoms with E-state index >= 15 is 0 Å². The van der Waals surface area contributed by atoms with Crippen molar-refractivity contribution in [3.8, 4) is 11.5 Å². The zero-order valence-corrected chi connectivity index (χ0v) is 13.5. The predicted octanol–water partition coefficient (Wildman–Crippen LogP) is 5.01. The second-order valence-corrected chi connectivity index (χ2v) is 5.12. The first-order valence-corrected chi connectivity index (χ1v) is 7.39. The Bertz CT molecular complexity index is 617. The number of hydrogen-bond acceptors (Lipinski definition) is 3. The van der Waals surface area contributed by atoms with Gasteiger partial charge in [-0.25, -0.2) is 0 Å². The first-order chi connectivity index (χ1) is 10.2. The zero-order valence-electron chi connectivity index (χ0n) is 12.0. The molecule has 21 heavy (non-hydrogen) atoms. The Balaban J connectivity index is 2.20. The Labute approximate surface area is 134 Å².